The molecule has 0 aliphatic rings. The third-order valence-corrected chi connectivity index (χ3v) is 3.48. The molecule has 5 heteroatoms. The van der Waals surface area contributed by atoms with Crippen molar-refractivity contribution >= 4 is 22.5 Å². The normalized spacial score (nSPS) is 10.6. The van der Waals surface area contributed by atoms with Crippen molar-refractivity contribution in [3.63, 3.8) is 0 Å². The molecule has 2 aromatic carbocycles. The zero-order valence-corrected chi connectivity index (χ0v) is 12.5. The minimum atomic E-state index is -0.188. The summed E-state index contributed by atoms with van der Waals surface area (Å²) in [5.41, 5.74) is 2.76. The minimum Gasteiger partial charge on any atom is -0.483 e. The third-order valence-electron chi connectivity index (χ3n) is 3.48. The van der Waals surface area contributed by atoms with Gasteiger partial charge in [-0.3, -0.25) is 9.48 Å². The lowest BCUT2D eigenvalue weighted by molar-refractivity contribution is -0.118. The number of para-hydroxylation sites is 1. The first kappa shape index (κ1) is 14.1. The molecule has 1 aromatic heterocycles. The summed E-state index contributed by atoms with van der Waals surface area (Å²) in [6.07, 6.45) is 1.77. The Balaban J connectivity index is 1.64. The summed E-state index contributed by atoms with van der Waals surface area (Å²) in [5.74, 6) is 0.534. The van der Waals surface area contributed by atoms with E-state index >= 15 is 0 Å². The van der Waals surface area contributed by atoms with Gasteiger partial charge in [0.1, 0.15) is 5.75 Å². The number of carbonyl (C=O) groups is 1. The third kappa shape index (κ3) is 2.93. The molecule has 0 saturated heterocycles. The largest absolute Gasteiger partial charge is 0.483 e. The maximum absolute atomic E-state index is 12.0. The van der Waals surface area contributed by atoms with E-state index in [2.05, 4.69) is 10.4 Å². The Morgan fingerprint density at radius 1 is 1.27 bits per heavy atom. The van der Waals surface area contributed by atoms with Gasteiger partial charge in [0, 0.05) is 18.1 Å². The number of amides is 1. The summed E-state index contributed by atoms with van der Waals surface area (Å²) in [6.45, 7) is 1.93. The zero-order valence-electron chi connectivity index (χ0n) is 12.5. The van der Waals surface area contributed by atoms with Gasteiger partial charge in [-0.2, -0.15) is 5.10 Å². The Morgan fingerprint density at radius 2 is 2.09 bits per heavy atom. The van der Waals surface area contributed by atoms with Crippen molar-refractivity contribution < 1.29 is 9.53 Å². The van der Waals surface area contributed by atoms with E-state index in [-0.39, 0.29) is 12.5 Å². The molecular weight excluding hydrogens is 278 g/mol. The van der Waals surface area contributed by atoms with Crippen molar-refractivity contribution in [1.82, 2.24) is 9.78 Å². The lowest BCUT2D eigenvalue weighted by Crippen LogP contribution is -2.20. The number of aryl methyl sites for hydroxylation is 2. The van der Waals surface area contributed by atoms with E-state index < -0.39 is 0 Å². The maximum atomic E-state index is 12.0. The number of fused-ring (bicyclic) bond motifs is 1. The van der Waals surface area contributed by atoms with Crippen LogP contribution >= 0.6 is 0 Å². The second-order valence-corrected chi connectivity index (χ2v) is 5.14. The molecule has 1 amide bonds. The van der Waals surface area contributed by atoms with Crippen LogP contribution in [0, 0.1) is 6.92 Å². The molecule has 22 heavy (non-hydrogen) atoms. The Kier molecular flexibility index (Phi) is 3.78. The molecule has 1 N–H and O–H groups in total. The van der Waals surface area contributed by atoms with Gasteiger partial charge in [0.2, 0.25) is 0 Å². The average Bonchev–Trinajstić information content (AvgIpc) is 2.87. The van der Waals surface area contributed by atoms with Crippen LogP contribution in [-0.2, 0) is 11.8 Å². The number of hydrogen-bond donors (Lipinski definition) is 1. The minimum absolute atomic E-state index is 0.0179. The Bertz CT molecular complexity index is 824. The quantitative estimate of drug-likeness (QED) is 0.805. The number of rotatable bonds is 4. The predicted molar refractivity (Wildman–Crippen MR) is 86.0 cm³/mol. The fourth-order valence-corrected chi connectivity index (χ4v) is 2.30. The van der Waals surface area contributed by atoms with Crippen LogP contribution in [0.5, 0.6) is 5.75 Å². The molecule has 0 aliphatic heterocycles. The standard InChI is InChI=1S/C17H17N3O2/c1-12-5-3-4-6-16(12)22-11-17(21)19-14-7-8-15-13(9-14)10-18-20(15)2/h3-10H,11H2,1-2H3,(H,19,21). The van der Waals surface area contributed by atoms with Crippen LogP contribution in [0.1, 0.15) is 5.56 Å². The van der Waals surface area contributed by atoms with Crippen molar-refractivity contribution in [2.75, 3.05) is 11.9 Å². The first-order chi connectivity index (χ1) is 10.6. The highest BCUT2D eigenvalue weighted by Crippen LogP contribution is 2.19. The van der Waals surface area contributed by atoms with Crippen LogP contribution in [0.2, 0.25) is 0 Å². The van der Waals surface area contributed by atoms with Crippen molar-refractivity contribution in [3.05, 3.63) is 54.2 Å². The van der Waals surface area contributed by atoms with E-state index in [1.54, 1.807) is 10.9 Å². The van der Waals surface area contributed by atoms with Crippen LogP contribution in [0.3, 0.4) is 0 Å². The van der Waals surface area contributed by atoms with E-state index in [1.807, 2.05) is 56.4 Å². The lowest BCUT2D eigenvalue weighted by Gasteiger charge is -2.09. The van der Waals surface area contributed by atoms with E-state index in [0.29, 0.717) is 0 Å². The van der Waals surface area contributed by atoms with Gasteiger partial charge in [-0.05, 0) is 36.8 Å². The number of carbonyl (C=O) groups excluding carboxylic acids is 1. The number of nitrogens with zero attached hydrogens (tertiary/aromatic N) is 2. The zero-order chi connectivity index (χ0) is 15.5. The SMILES string of the molecule is Cc1ccccc1OCC(=O)Nc1ccc2c(cnn2C)c1. The molecule has 5 nitrogen and oxygen atoms in total. The second kappa shape index (κ2) is 5.89. The Hall–Kier alpha value is -2.82. The molecule has 0 bridgehead atoms. The molecule has 0 atom stereocenters. The van der Waals surface area contributed by atoms with Gasteiger partial charge in [-0.15, -0.1) is 0 Å². The van der Waals surface area contributed by atoms with Gasteiger partial charge in [-0.1, -0.05) is 18.2 Å². The molecule has 112 valence electrons. The van der Waals surface area contributed by atoms with Crippen molar-refractivity contribution in [3.8, 4) is 5.75 Å². The Morgan fingerprint density at radius 3 is 2.91 bits per heavy atom. The van der Waals surface area contributed by atoms with E-state index in [1.165, 1.54) is 0 Å². The van der Waals surface area contributed by atoms with E-state index in [4.69, 9.17) is 4.74 Å². The number of hydrogen-bond acceptors (Lipinski definition) is 3. The van der Waals surface area contributed by atoms with Gasteiger partial charge in [0.15, 0.2) is 6.61 Å². The highest BCUT2D eigenvalue weighted by Gasteiger charge is 2.07. The van der Waals surface area contributed by atoms with E-state index in [0.717, 1.165) is 27.9 Å². The molecule has 0 unspecified atom stereocenters. The average molecular weight is 295 g/mol. The summed E-state index contributed by atoms with van der Waals surface area (Å²) in [4.78, 5) is 12.0. The smallest absolute Gasteiger partial charge is 0.262 e. The molecular formula is C17H17N3O2. The molecule has 3 rings (SSSR count). The number of ether oxygens (including phenoxy) is 1. The predicted octanol–water partition coefficient (Wildman–Crippen LogP) is 2.90. The van der Waals surface area contributed by atoms with Gasteiger partial charge >= 0.3 is 0 Å². The number of aromatic nitrogens is 2. The summed E-state index contributed by atoms with van der Waals surface area (Å²) in [7, 11) is 1.89. The van der Waals surface area contributed by atoms with Crippen molar-refractivity contribution in [1.29, 1.82) is 0 Å². The fraction of sp³-hybridized carbons (Fsp3) is 0.176. The van der Waals surface area contributed by atoms with Gasteiger partial charge in [0.05, 0.1) is 11.7 Å². The van der Waals surface area contributed by atoms with Crippen LogP contribution < -0.4 is 10.1 Å². The van der Waals surface area contributed by atoms with Crippen molar-refractivity contribution in [2.24, 2.45) is 7.05 Å². The van der Waals surface area contributed by atoms with Crippen molar-refractivity contribution in [2.45, 2.75) is 6.92 Å². The summed E-state index contributed by atoms with van der Waals surface area (Å²) >= 11 is 0. The molecule has 3 aromatic rings. The highest BCUT2D eigenvalue weighted by molar-refractivity contribution is 5.94. The second-order valence-electron chi connectivity index (χ2n) is 5.14. The van der Waals surface area contributed by atoms with Crippen LogP contribution in [0.4, 0.5) is 5.69 Å². The summed E-state index contributed by atoms with van der Waals surface area (Å²) < 4.78 is 7.33. The van der Waals surface area contributed by atoms with Crippen LogP contribution in [0.25, 0.3) is 10.9 Å². The van der Waals surface area contributed by atoms with Gasteiger partial charge in [-0.25, -0.2) is 0 Å². The van der Waals surface area contributed by atoms with Gasteiger partial charge in [0.25, 0.3) is 5.91 Å². The lowest BCUT2D eigenvalue weighted by atomic mass is 10.2. The number of nitrogens with one attached hydrogen (secondary N) is 1. The van der Waals surface area contributed by atoms with E-state index in [9.17, 15) is 4.79 Å². The summed E-state index contributed by atoms with van der Waals surface area (Å²) in [5, 5.41) is 8.00. The summed E-state index contributed by atoms with van der Waals surface area (Å²) in [6, 6.07) is 13.3. The number of anilines is 1. The highest BCUT2D eigenvalue weighted by atomic mass is 16.5. The first-order valence-corrected chi connectivity index (χ1v) is 7.03. The molecule has 0 radical (unpaired) electrons. The molecule has 0 aliphatic carbocycles. The monoisotopic (exact) mass is 295 g/mol. The maximum Gasteiger partial charge on any atom is 0.262 e. The molecule has 1 heterocycles. The Labute approximate surface area is 128 Å². The van der Waals surface area contributed by atoms with Gasteiger partial charge < -0.3 is 10.1 Å². The van der Waals surface area contributed by atoms with Crippen LogP contribution in [-0.4, -0.2) is 22.3 Å². The number of benzene rings is 2. The fourth-order valence-electron chi connectivity index (χ4n) is 2.30. The van der Waals surface area contributed by atoms with Crippen LogP contribution in [0.15, 0.2) is 48.7 Å². The first-order valence-electron chi connectivity index (χ1n) is 7.03. The topological polar surface area (TPSA) is 56.1 Å². The molecule has 0 spiro atoms. The molecule has 0 saturated carbocycles. The molecule has 0 fully saturated rings.